The monoisotopic (exact) mass is 338 g/mol. The van der Waals surface area contributed by atoms with Crippen LogP contribution in [0.15, 0.2) is 33.4 Å². The van der Waals surface area contributed by atoms with Gasteiger partial charge in [-0.3, -0.25) is 0 Å². The Morgan fingerprint density at radius 2 is 2.11 bits per heavy atom. The molecule has 19 heavy (non-hydrogen) atoms. The molecule has 2 aromatic rings. The average Bonchev–Trinajstić information content (AvgIpc) is 2.88. The number of aliphatic hydroxyl groups is 1. The van der Waals surface area contributed by atoms with Crippen molar-refractivity contribution < 1.29 is 9.84 Å². The second-order valence-electron chi connectivity index (χ2n) is 5.49. The Balaban J connectivity index is 1.92. The van der Waals surface area contributed by atoms with Crippen molar-refractivity contribution in [1.82, 2.24) is 0 Å². The first-order valence-electron chi connectivity index (χ1n) is 6.18. The zero-order valence-corrected chi connectivity index (χ0v) is 13.2. The van der Waals surface area contributed by atoms with E-state index in [9.17, 15) is 5.11 Å². The quantitative estimate of drug-likeness (QED) is 0.884. The molecule has 0 radical (unpaired) electrons. The fourth-order valence-corrected chi connectivity index (χ4v) is 3.65. The van der Waals surface area contributed by atoms with Crippen molar-refractivity contribution in [2.45, 2.75) is 32.0 Å². The van der Waals surface area contributed by atoms with Crippen molar-refractivity contribution in [3.05, 3.63) is 50.1 Å². The van der Waals surface area contributed by atoms with E-state index in [1.165, 1.54) is 5.56 Å². The van der Waals surface area contributed by atoms with E-state index >= 15 is 0 Å². The average molecular weight is 339 g/mol. The molecule has 0 saturated carbocycles. The number of ether oxygens (including phenoxy) is 1. The van der Waals surface area contributed by atoms with Crippen LogP contribution in [0, 0.1) is 0 Å². The molecule has 0 bridgehead atoms. The van der Waals surface area contributed by atoms with E-state index in [2.05, 4.69) is 35.8 Å². The summed E-state index contributed by atoms with van der Waals surface area (Å²) < 4.78 is 6.89. The first kappa shape index (κ1) is 13.2. The second kappa shape index (κ2) is 4.62. The van der Waals surface area contributed by atoms with Gasteiger partial charge in [0.15, 0.2) is 0 Å². The van der Waals surface area contributed by atoms with E-state index in [4.69, 9.17) is 4.74 Å². The van der Waals surface area contributed by atoms with Gasteiger partial charge in [0.2, 0.25) is 0 Å². The third-order valence-corrected chi connectivity index (χ3v) is 4.83. The zero-order chi connectivity index (χ0) is 13.6. The van der Waals surface area contributed by atoms with Crippen LogP contribution in [0.3, 0.4) is 0 Å². The van der Waals surface area contributed by atoms with Crippen LogP contribution in [-0.2, 0) is 6.42 Å². The highest BCUT2D eigenvalue weighted by Crippen LogP contribution is 2.37. The molecule has 0 amide bonds. The summed E-state index contributed by atoms with van der Waals surface area (Å²) >= 11 is 5.01. The molecule has 0 aliphatic carbocycles. The van der Waals surface area contributed by atoms with E-state index in [0.29, 0.717) is 0 Å². The molecule has 1 unspecified atom stereocenters. The van der Waals surface area contributed by atoms with E-state index in [0.717, 1.165) is 27.1 Å². The third kappa shape index (κ3) is 2.57. The second-order valence-corrected chi connectivity index (χ2v) is 7.78. The SMILES string of the molecule is CC1(C)Cc2cc(C(O)c3csc(Br)c3)ccc2O1. The van der Waals surface area contributed by atoms with Gasteiger partial charge in [-0.05, 0) is 70.0 Å². The summed E-state index contributed by atoms with van der Waals surface area (Å²) in [6.45, 7) is 4.16. The van der Waals surface area contributed by atoms with Crippen LogP contribution in [0.5, 0.6) is 5.75 Å². The summed E-state index contributed by atoms with van der Waals surface area (Å²) in [5, 5.41) is 12.4. The lowest BCUT2D eigenvalue weighted by atomic mass is 9.97. The van der Waals surface area contributed by atoms with Crippen LogP contribution in [0.4, 0.5) is 0 Å². The summed E-state index contributed by atoms with van der Waals surface area (Å²) in [6.07, 6.45) is 0.313. The van der Waals surface area contributed by atoms with Gasteiger partial charge in [0, 0.05) is 6.42 Å². The van der Waals surface area contributed by atoms with Gasteiger partial charge in [-0.25, -0.2) is 0 Å². The number of halogens is 1. The molecule has 1 atom stereocenters. The molecule has 0 saturated heterocycles. The number of benzene rings is 1. The van der Waals surface area contributed by atoms with Crippen molar-refractivity contribution in [2.24, 2.45) is 0 Å². The highest BCUT2D eigenvalue weighted by atomic mass is 79.9. The molecule has 100 valence electrons. The van der Waals surface area contributed by atoms with Crippen LogP contribution < -0.4 is 4.74 Å². The molecule has 0 fully saturated rings. The predicted molar refractivity (Wildman–Crippen MR) is 80.9 cm³/mol. The lowest BCUT2D eigenvalue weighted by Crippen LogP contribution is -2.24. The minimum Gasteiger partial charge on any atom is -0.487 e. The van der Waals surface area contributed by atoms with Gasteiger partial charge < -0.3 is 9.84 Å². The van der Waals surface area contributed by atoms with Crippen LogP contribution >= 0.6 is 27.3 Å². The molecule has 3 rings (SSSR count). The van der Waals surface area contributed by atoms with Gasteiger partial charge in [-0.1, -0.05) is 6.07 Å². The molecule has 2 heterocycles. The van der Waals surface area contributed by atoms with Gasteiger partial charge in [0.1, 0.15) is 17.5 Å². The summed E-state index contributed by atoms with van der Waals surface area (Å²) in [4.78, 5) is 0. The van der Waals surface area contributed by atoms with E-state index in [-0.39, 0.29) is 5.60 Å². The van der Waals surface area contributed by atoms with Crippen LogP contribution in [0.1, 0.15) is 36.6 Å². The minimum absolute atomic E-state index is 0.142. The van der Waals surface area contributed by atoms with E-state index < -0.39 is 6.10 Å². The highest BCUT2D eigenvalue weighted by molar-refractivity contribution is 9.11. The molecule has 2 nitrogen and oxygen atoms in total. The lowest BCUT2D eigenvalue weighted by Gasteiger charge is -2.16. The van der Waals surface area contributed by atoms with Gasteiger partial charge >= 0.3 is 0 Å². The normalized spacial score (nSPS) is 17.9. The molecule has 1 aliphatic heterocycles. The third-order valence-electron chi connectivity index (χ3n) is 3.31. The summed E-state index contributed by atoms with van der Waals surface area (Å²) in [6, 6.07) is 7.92. The Hall–Kier alpha value is -0.840. The summed E-state index contributed by atoms with van der Waals surface area (Å²) in [5.74, 6) is 0.937. The Bertz CT molecular complexity index is 618. The molecular weight excluding hydrogens is 324 g/mol. The zero-order valence-electron chi connectivity index (χ0n) is 10.8. The number of fused-ring (bicyclic) bond motifs is 1. The van der Waals surface area contributed by atoms with Gasteiger partial charge in [-0.15, -0.1) is 11.3 Å². The van der Waals surface area contributed by atoms with Gasteiger partial charge in [0.25, 0.3) is 0 Å². The fourth-order valence-electron chi connectivity index (χ4n) is 2.46. The summed E-state index contributed by atoms with van der Waals surface area (Å²) in [7, 11) is 0. The number of rotatable bonds is 2. The maximum Gasteiger partial charge on any atom is 0.123 e. The van der Waals surface area contributed by atoms with Crippen LogP contribution in [0.2, 0.25) is 0 Å². The van der Waals surface area contributed by atoms with E-state index in [1.807, 2.05) is 23.6 Å². The van der Waals surface area contributed by atoms with Crippen LogP contribution in [-0.4, -0.2) is 10.7 Å². The van der Waals surface area contributed by atoms with E-state index in [1.54, 1.807) is 11.3 Å². The Morgan fingerprint density at radius 1 is 1.32 bits per heavy atom. The Morgan fingerprint density at radius 3 is 2.79 bits per heavy atom. The fraction of sp³-hybridized carbons (Fsp3) is 0.333. The van der Waals surface area contributed by atoms with Gasteiger partial charge in [-0.2, -0.15) is 0 Å². The predicted octanol–water partition coefficient (Wildman–Crippen LogP) is 4.31. The molecular formula is C15H15BrO2S. The van der Waals surface area contributed by atoms with Crippen LogP contribution in [0.25, 0.3) is 0 Å². The molecule has 1 N–H and O–H groups in total. The van der Waals surface area contributed by atoms with Crippen molar-refractivity contribution >= 4 is 27.3 Å². The first-order chi connectivity index (χ1) is 8.94. The first-order valence-corrected chi connectivity index (χ1v) is 7.86. The van der Waals surface area contributed by atoms with Gasteiger partial charge in [0.05, 0.1) is 3.79 Å². The lowest BCUT2D eigenvalue weighted by molar-refractivity contribution is 0.138. The van der Waals surface area contributed by atoms with Crippen molar-refractivity contribution in [3.63, 3.8) is 0 Å². The van der Waals surface area contributed by atoms with Crippen molar-refractivity contribution in [2.75, 3.05) is 0 Å². The summed E-state index contributed by atoms with van der Waals surface area (Å²) in [5.41, 5.74) is 2.88. The maximum atomic E-state index is 10.4. The van der Waals surface area contributed by atoms with Crippen molar-refractivity contribution in [1.29, 1.82) is 0 Å². The molecule has 1 aromatic carbocycles. The highest BCUT2D eigenvalue weighted by Gasteiger charge is 2.30. The minimum atomic E-state index is -0.573. The molecule has 1 aromatic heterocycles. The van der Waals surface area contributed by atoms with Crippen molar-refractivity contribution in [3.8, 4) is 5.75 Å². The molecule has 0 spiro atoms. The maximum absolute atomic E-state index is 10.4. The number of thiophene rings is 1. The molecule has 4 heteroatoms. The molecule has 1 aliphatic rings. The Labute approximate surface area is 125 Å². The topological polar surface area (TPSA) is 29.5 Å². The number of aliphatic hydroxyl groups excluding tert-OH is 1. The Kier molecular flexibility index (Phi) is 3.20. The smallest absolute Gasteiger partial charge is 0.123 e. The number of hydrogen-bond donors (Lipinski definition) is 1. The largest absolute Gasteiger partial charge is 0.487 e. The number of hydrogen-bond acceptors (Lipinski definition) is 3. The standard InChI is InChI=1S/C15H15BrO2S/c1-15(2)7-10-5-9(3-4-12(10)18-15)14(17)11-6-13(16)19-8-11/h3-6,8,14,17H,7H2,1-2H3.